The van der Waals surface area contributed by atoms with Crippen LogP contribution in [0.3, 0.4) is 0 Å². The first-order chi connectivity index (χ1) is 32.9. The molecule has 21 heteroatoms. The van der Waals surface area contributed by atoms with Crippen molar-refractivity contribution in [2.75, 3.05) is 76.9 Å². The summed E-state index contributed by atoms with van der Waals surface area (Å²) in [6.07, 6.45) is 3.22. The van der Waals surface area contributed by atoms with Crippen LogP contribution in [0.1, 0.15) is 71.3 Å². The Labute approximate surface area is 395 Å². The number of pyridine rings is 1. The highest BCUT2D eigenvalue weighted by atomic mass is 32.2. The van der Waals surface area contributed by atoms with Crippen molar-refractivity contribution in [3.8, 4) is 11.3 Å². The SMILES string of the molecule is Cc1nc2c(F)cc(-c3nc(Nc4ccc(CN5CCN(C(=O)CCOCCOCCOCCSc6cccc7c6C(=O)N(C6CCC(=O)NC6=O)C7=O)CC5)cn4)ncc3F)cc2n1C(C)C. The number of nitrogens with zero attached hydrogens (tertiary/aromatic N) is 8. The summed E-state index contributed by atoms with van der Waals surface area (Å²) in [4.78, 5) is 86.1. The van der Waals surface area contributed by atoms with E-state index in [-0.39, 0.29) is 71.7 Å². The van der Waals surface area contributed by atoms with Gasteiger partial charge in [-0.3, -0.25) is 39.1 Å². The molecule has 1 atom stereocenters. The maximum absolute atomic E-state index is 15.1. The minimum absolute atomic E-state index is 0.0232. The van der Waals surface area contributed by atoms with Gasteiger partial charge in [0.25, 0.3) is 11.8 Å². The second kappa shape index (κ2) is 21.8. The number of piperazine rings is 1. The van der Waals surface area contributed by atoms with Crippen LogP contribution in [0.15, 0.2) is 59.8 Å². The van der Waals surface area contributed by atoms with E-state index in [2.05, 4.69) is 35.5 Å². The van der Waals surface area contributed by atoms with Crippen LogP contribution >= 0.6 is 11.8 Å². The third-order valence-electron chi connectivity index (χ3n) is 11.8. The minimum atomic E-state index is -1.02. The fourth-order valence-electron chi connectivity index (χ4n) is 8.48. The summed E-state index contributed by atoms with van der Waals surface area (Å²) in [6, 6.07) is 10.7. The van der Waals surface area contributed by atoms with Crippen LogP contribution in [0.25, 0.3) is 22.3 Å². The van der Waals surface area contributed by atoms with Gasteiger partial charge in [0, 0.05) is 67.6 Å². The van der Waals surface area contributed by atoms with Crippen LogP contribution in [0.5, 0.6) is 0 Å². The molecule has 6 heterocycles. The van der Waals surface area contributed by atoms with Crippen molar-refractivity contribution in [2.24, 2.45) is 0 Å². The molecular weight excluding hydrogens is 903 g/mol. The summed E-state index contributed by atoms with van der Waals surface area (Å²) in [5, 5.41) is 5.22. The quantitative estimate of drug-likeness (QED) is 0.0594. The van der Waals surface area contributed by atoms with Crippen LogP contribution in [0, 0.1) is 18.6 Å². The van der Waals surface area contributed by atoms with Crippen LogP contribution in [0.2, 0.25) is 0 Å². The first-order valence-corrected chi connectivity index (χ1v) is 23.5. The van der Waals surface area contributed by atoms with Crippen LogP contribution in [-0.2, 0) is 35.1 Å². The summed E-state index contributed by atoms with van der Waals surface area (Å²) < 4.78 is 49.0. The fraction of sp³-hybridized carbons (Fsp3) is 0.426. The molecule has 68 heavy (non-hydrogen) atoms. The minimum Gasteiger partial charge on any atom is -0.379 e. The second-order valence-electron chi connectivity index (χ2n) is 16.7. The molecular formula is C47H52F2N10O8S. The molecule has 18 nitrogen and oxygen atoms in total. The van der Waals surface area contributed by atoms with Gasteiger partial charge in [0.15, 0.2) is 11.6 Å². The van der Waals surface area contributed by atoms with Gasteiger partial charge in [-0.1, -0.05) is 12.1 Å². The number of imide groups is 2. The lowest BCUT2D eigenvalue weighted by Crippen LogP contribution is -2.54. The number of piperidine rings is 1. The third kappa shape index (κ3) is 11.0. The molecule has 8 rings (SSSR count). The van der Waals surface area contributed by atoms with Gasteiger partial charge in [0.2, 0.25) is 23.7 Å². The molecule has 0 bridgehead atoms. The zero-order valence-electron chi connectivity index (χ0n) is 38.0. The highest BCUT2D eigenvalue weighted by Crippen LogP contribution is 2.35. The van der Waals surface area contributed by atoms with Gasteiger partial charge in [-0.15, -0.1) is 11.8 Å². The molecule has 0 aliphatic carbocycles. The Morgan fingerprint density at radius 3 is 2.35 bits per heavy atom. The van der Waals surface area contributed by atoms with E-state index in [1.807, 2.05) is 36.3 Å². The zero-order valence-corrected chi connectivity index (χ0v) is 38.8. The van der Waals surface area contributed by atoms with E-state index in [9.17, 15) is 24.0 Å². The molecule has 2 aromatic carbocycles. The van der Waals surface area contributed by atoms with E-state index < -0.39 is 41.3 Å². The van der Waals surface area contributed by atoms with Gasteiger partial charge in [-0.05, 0) is 63.1 Å². The molecule has 2 N–H and O–H groups in total. The number of ether oxygens (including phenoxy) is 3. The van der Waals surface area contributed by atoms with E-state index >= 15 is 8.78 Å². The highest BCUT2D eigenvalue weighted by Gasteiger charge is 2.45. The van der Waals surface area contributed by atoms with Gasteiger partial charge in [0.05, 0.1) is 68.9 Å². The fourth-order valence-corrected chi connectivity index (χ4v) is 9.42. The molecule has 2 saturated heterocycles. The largest absolute Gasteiger partial charge is 0.379 e. The van der Waals surface area contributed by atoms with Crippen molar-refractivity contribution in [1.29, 1.82) is 0 Å². The molecule has 2 fully saturated rings. The van der Waals surface area contributed by atoms with Gasteiger partial charge in [0.1, 0.15) is 28.9 Å². The number of hydrogen-bond acceptors (Lipinski definition) is 15. The molecule has 358 valence electrons. The maximum Gasteiger partial charge on any atom is 0.263 e. The van der Waals surface area contributed by atoms with Crippen LogP contribution < -0.4 is 10.6 Å². The normalized spacial score (nSPS) is 16.6. The van der Waals surface area contributed by atoms with Crippen molar-refractivity contribution in [3.05, 3.63) is 89.0 Å². The third-order valence-corrected chi connectivity index (χ3v) is 12.8. The Morgan fingerprint density at radius 1 is 0.882 bits per heavy atom. The lowest BCUT2D eigenvalue weighted by Gasteiger charge is -2.34. The van der Waals surface area contributed by atoms with Crippen LogP contribution in [-0.4, -0.2) is 146 Å². The molecule has 3 aliphatic heterocycles. The first kappa shape index (κ1) is 48.2. The number of anilines is 2. The van der Waals surface area contributed by atoms with Crippen molar-refractivity contribution < 1.29 is 47.0 Å². The molecule has 0 spiro atoms. The summed E-state index contributed by atoms with van der Waals surface area (Å²) in [5.74, 6) is -1.61. The number of fused-ring (bicyclic) bond motifs is 2. The van der Waals surface area contributed by atoms with E-state index in [0.29, 0.717) is 93.6 Å². The molecule has 5 aromatic rings. The first-order valence-electron chi connectivity index (χ1n) is 22.5. The molecule has 0 saturated carbocycles. The topological polar surface area (TPSA) is 203 Å². The smallest absolute Gasteiger partial charge is 0.263 e. The number of imidazole rings is 1. The monoisotopic (exact) mass is 954 g/mol. The molecule has 3 aliphatic rings. The number of thioether (sulfide) groups is 1. The Morgan fingerprint density at radius 2 is 1.63 bits per heavy atom. The van der Waals surface area contributed by atoms with E-state index in [1.54, 1.807) is 36.5 Å². The lowest BCUT2D eigenvalue weighted by atomic mass is 10.0. The van der Waals surface area contributed by atoms with Crippen molar-refractivity contribution in [2.45, 2.75) is 63.6 Å². The summed E-state index contributed by atoms with van der Waals surface area (Å²) in [5.41, 5.74) is 2.48. The van der Waals surface area contributed by atoms with Crippen molar-refractivity contribution in [1.82, 2.24) is 44.5 Å². The van der Waals surface area contributed by atoms with E-state index in [0.717, 1.165) is 16.7 Å². The molecule has 3 aromatic heterocycles. The maximum atomic E-state index is 15.1. The Kier molecular flexibility index (Phi) is 15.4. The summed E-state index contributed by atoms with van der Waals surface area (Å²) in [6.45, 7) is 11.1. The second-order valence-corrected chi connectivity index (χ2v) is 17.9. The molecule has 0 radical (unpaired) electrons. The lowest BCUT2D eigenvalue weighted by molar-refractivity contribution is -0.136. The zero-order chi connectivity index (χ0) is 47.9. The number of aromatic nitrogens is 5. The van der Waals surface area contributed by atoms with Crippen molar-refractivity contribution in [3.63, 3.8) is 0 Å². The number of rotatable bonds is 20. The number of benzene rings is 2. The average Bonchev–Trinajstić information content (AvgIpc) is 3.80. The van der Waals surface area contributed by atoms with E-state index in [4.69, 9.17) is 14.2 Å². The summed E-state index contributed by atoms with van der Waals surface area (Å²) in [7, 11) is 0. The van der Waals surface area contributed by atoms with Crippen LogP contribution in [0.4, 0.5) is 20.5 Å². The number of carbonyl (C=O) groups is 5. The Balaban J connectivity index is 0.677. The number of amides is 5. The van der Waals surface area contributed by atoms with Gasteiger partial charge in [-0.2, -0.15) is 0 Å². The number of hydrogen-bond donors (Lipinski definition) is 2. The molecule has 1 unspecified atom stereocenters. The average molecular weight is 955 g/mol. The summed E-state index contributed by atoms with van der Waals surface area (Å²) >= 11 is 1.38. The highest BCUT2D eigenvalue weighted by molar-refractivity contribution is 7.99. The van der Waals surface area contributed by atoms with Gasteiger partial charge >= 0.3 is 0 Å². The number of halogens is 2. The predicted octanol–water partition coefficient (Wildman–Crippen LogP) is 5.08. The Hall–Kier alpha value is -6.26. The van der Waals surface area contributed by atoms with Gasteiger partial charge < -0.3 is 29.0 Å². The Bertz CT molecular complexity index is 2700. The number of nitrogens with one attached hydrogen (secondary N) is 2. The number of aryl methyl sites for hydroxylation is 1. The number of carbonyl (C=O) groups excluding carboxylic acids is 5. The van der Waals surface area contributed by atoms with Crippen molar-refractivity contribution >= 4 is 64.1 Å². The predicted molar refractivity (Wildman–Crippen MR) is 246 cm³/mol. The molecule has 5 amide bonds. The van der Waals surface area contributed by atoms with E-state index in [1.165, 1.54) is 17.8 Å². The standard InChI is InChI=1S/C47H52F2N10O8S/c1-28(2)58-29(3)52-43-33(48)23-31(24-36(43)58)42-34(49)26-51-47(55-42)53-38-9-7-30(25-50-38)27-56-12-14-57(15-13-56)40(61)11-16-65-17-18-66-19-20-67-21-22-68-37-6-4-5-32-41(37)46(64)59(45(32)63)35-8-10-39(60)54-44(35)62/h4-7,9,23-26,28,35H,8,10-22,27H2,1-3H3,(H,54,60,62)(H,50,51,53,55). The van der Waals surface area contributed by atoms with Gasteiger partial charge in [-0.25, -0.2) is 28.7 Å².